The third-order valence-corrected chi connectivity index (χ3v) is 28.4. The largest absolute Gasteiger partial charge is 0.394 e. The Balaban J connectivity index is 1.12. The zero-order chi connectivity index (χ0) is 101. The lowest BCUT2D eigenvalue weighted by Crippen LogP contribution is -2.65. The van der Waals surface area contributed by atoms with E-state index in [1.54, 1.807) is 24.3 Å². The van der Waals surface area contributed by atoms with Gasteiger partial charge in [0.15, 0.2) is 50.3 Å². The monoisotopic (exact) mass is 2000 g/mol. The van der Waals surface area contributed by atoms with Crippen molar-refractivity contribution in [3.05, 3.63) is 35.4 Å². The Morgan fingerprint density at radius 3 is 0.572 bits per heavy atom. The van der Waals surface area contributed by atoms with Gasteiger partial charge >= 0.3 is 0 Å². The van der Waals surface area contributed by atoms with Crippen LogP contribution in [-0.2, 0) is 88.6 Å². The van der Waals surface area contributed by atoms with Crippen LogP contribution in [0.5, 0.6) is 0 Å². The molecule has 44 heteroatoms. The van der Waals surface area contributed by atoms with Gasteiger partial charge in [0.2, 0.25) is 0 Å². The topological polar surface area (TPSA) is 714 Å². The van der Waals surface area contributed by atoms with Gasteiger partial charge in [0.05, 0.1) is 79.3 Å². The second-order valence-corrected chi connectivity index (χ2v) is 39.1. The summed E-state index contributed by atoms with van der Waals surface area (Å²) in [4.78, 5) is 0. The van der Waals surface area contributed by atoms with E-state index >= 15 is 0 Å². The minimum absolute atomic E-state index is 0.0871. The maximum Gasteiger partial charge on any atom is 0.187 e. The van der Waals surface area contributed by atoms with Crippen molar-refractivity contribution in [2.75, 3.05) is 79.3 Å². The van der Waals surface area contributed by atoms with Gasteiger partial charge < -0.3 is 219 Å². The van der Waals surface area contributed by atoms with Crippen molar-refractivity contribution in [2.24, 2.45) is 10.8 Å². The predicted molar refractivity (Wildman–Crippen MR) is 478 cm³/mol. The molecule has 8 aliphatic rings. The molecule has 0 aromatic heterocycles. The summed E-state index contributed by atoms with van der Waals surface area (Å²) in [6.45, 7) is -5.33. The van der Waals surface area contributed by atoms with Crippen molar-refractivity contribution in [3.63, 3.8) is 0 Å². The van der Waals surface area contributed by atoms with Crippen LogP contribution in [-0.4, -0.2) is 468 Å². The van der Waals surface area contributed by atoms with E-state index < -0.39 is 336 Å². The standard InChI is InChI=1S/C94H166O44/c1-3-5-7-9-11-13-15-17-19-21-23-25-27-31-35-93(47-123-85-77(119)69(111)81(57(43-99)131-85)135-89-73(115)65(107)61(103)53(39-95)127-89,48-124-86-78(120)70(112)82(58(44-100)132-86)136-90-74(116)66(108)62(104)54(40-96)128-90)37-51-33-29-30-34-52(51)38-94(36-32-28-26-24-22-20-18-16-14-12-10-8-6-4-2,49-125-87-79(121)71(113)83(59(45-101)133-87)137-91-75(117)67(109)63(105)55(41-97)129-91)50-126-88-80(122)72(114)84(60(46-102)134-88)138-92-76(118)68(110)64(106)56(42-98)130-92/h29-30,33-34,53-92,95-122H,3-28,31-32,35-50H2,1-2H3/t53?,54?,55?,56?,57?,58?,59?,60?,61-,62-,63-,64-,65+,66+,67+,68+,69-,70-,71-,72-,73?,74?,75?,76?,77?,78?,79?,80?,81-,82-,83-,84-,85-,86-,87-,88-,89+,90+,91+,92+,93?,94?/m1/s1. The third-order valence-electron chi connectivity index (χ3n) is 28.4. The van der Waals surface area contributed by atoms with E-state index in [1.807, 2.05) is 0 Å². The Morgan fingerprint density at radius 2 is 0.384 bits per heavy atom. The molecule has 44 nitrogen and oxygen atoms in total. The second kappa shape index (κ2) is 60.2. The second-order valence-electron chi connectivity index (χ2n) is 39.1. The molecule has 40 atom stereocenters. The van der Waals surface area contributed by atoms with Crippen LogP contribution >= 0.6 is 0 Å². The first kappa shape index (κ1) is 119. The highest BCUT2D eigenvalue weighted by molar-refractivity contribution is 5.30. The predicted octanol–water partition coefficient (Wildman–Crippen LogP) is -4.95. The van der Waals surface area contributed by atoms with Gasteiger partial charge in [0, 0.05) is 10.8 Å². The number of unbranched alkanes of at least 4 members (excludes halogenated alkanes) is 26. The zero-order valence-electron chi connectivity index (χ0n) is 79.6. The Bertz CT molecular complexity index is 3030. The average Bonchev–Trinajstić information content (AvgIpc) is 0.722. The summed E-state index contributed by atoms with van der Waals surface area (Å²) < 4.78 is 98.1. The molecule has 28 N–H and O–H groups in total. The van der Waals surface area contributed by atoms with E-state index in [0.29, 0.717) is 49.7 Å². The Kier molecular flexibility index (Phi) is 51.9. The fourth-order valence-electron chi connectivity index (χ4n) is 19.7. The summed E-state index contributed by atoms with van der Waals surface area (Å²) in [7, 11) is 0. The number of aliphatic hydroxyl groups is 28. The van der Waals surface area contributed by atoms with E-state index in [1.165, 1.54) is 38.5 Å². The van der Waals surface area contributed by atoms with Gasteiger partial charge in [-0.05, 0) is 36.8 Å². The lowest BCUT2D eigenvalue weighted by atomic mass is 9.73. The molecule has 0 saturated carbocycles. The van der Waals surface area contributed by atoms with Crippen molar-refractivity contribution < 1.29 is 219 Å². The van der Waals surface area contributed by atoms with Gasteiger partial charge in [-0.25, -0.2) is 0 Å². The smallest absolute Gasteiger partial charge is 0.187 e. The number of aliphatic hydroxyl groups excluding tert-OH is 28. The first-order chi connectivity index (χ1) is 66.3. The highest BCUT2D eigenvalue weighted by Crippen LogP contribution is 2.44. The van der Waals surface area contributed by atoms with Crippen LogP contribution in [0, 0.1) is 10.8 Å². The minimum Gasteiger partial charge on any atom is -0.394 e. The van der Waals surface area contributed by atoms with E-state index in [2.05, 4.69) is 13.8 Å². The van der Waals surface area contributed by atoms with Gasteiger partial charge in [-0.1, -0.05) is 218 Å². The Morgan fingerprint density at radius 1 is 0.210 bits per heavy atom. The van der Waals surface area contributed by atoms with E-state index in [0.717, 1.165) is 103 Å². The molecule has 0 radical (unpaired) electrons. The van der Waals surface area contributed by atoms with Crippen LogP contribution in [0.2, 0.25) is 0 Å². The summed E-state index contributed by atoms with van der Waals surface area (Å²) >= 11 is 0. The first-order valence-electron chi connectivity index (χ1n) is 50.2. The highest BCUT2D eigenvalue weighted by atomic mass is 16.8. The maximum atomic E-state index is 12.3. The fraction of sp³-hybridized carbons (Fsp3) is 0.936. The molecule has 8 saturated heterocycles. The molecule has 1 aromatic carbocycles. The Labute approximate surface area is 806 Å². The summed E-state index contributed by atoms with van der Waals surface area (Å²) in [5.41, 5.74) is -2.17. The van der Waals surface area contributed by atoms with Crippen LogP contribution in [0.25, 0.3) is 0 Å². The normalized spacial score (nSPS) is 39.8. The van der Waals surface area contributed by atoms with Gasteiger partial charge in [0.1, 0.15) is 195 Å². The number of benzene rings is 1. The van der Waals surface area contributed by atoms with Gasteiger partial charge in [0.25, 0.3) is 0 Å². The highest BCUT2D eigenvalue weighted by Gasteiger charge is 2.58. The van der Waals surface area contributed by atoms with Crippen molar-refractivity contribution in [1.82, 2.24) is 0 Å². The molecule has 0 aliphatic carbocycles. The molecule has 138 heavy (non-hydrogen) atoms. The third kappa shape index (κ3) is 32.5. The van der Waals surface area contributed by atoms with E-state index in [4.69, 9.17) is 75.8 Å². The quantitative estimate of drug-likeness (QED) is 0.0272. The van der Waals surface area contributed by atoms with Gasteiger partial charge in [-0.15, -0.1) is 0 Å². The van der Waals surface area contributed by atoms with Gasteiger partial charge in [-0.3, -0.25) is 0 Å². The zero-order valence-corrected chi connectivity index (χ0v) is 79.6. The molecule has 0 amide bonds. The molecule has 8 fully saturated rings. The summed E-state index contributed by atoms with van der Waals surface area (Å²) in [5, 5.41) is 312. The number of hydrogen-bond acceptors (Lipinski definition) is 44. The lowest BCUT2D eigenvalue weighted by molar-refractivity contribution is -0.365. The van der Waals surface area contributed by atoms with E-state index in [-0.39, 0.29) is 25.7 Å². The molecule has 1 aromatic rings. The molecule has 8 aliphatic heterocycles. The van der Waals surface area contributed by atoms with Crippen LogP contribution in [0.15, 0.2) is 24.3 Å². The van der Waals surface area contributed by atoms with Crippen LogP contribution in [0.1, 0.15) is 218 Å². The van der Waals surface area contributed by atoms with Gasteiger partial charge in [-0.2, -0.15) is 0 Å². The summed E-state index contributed by atoms with van der Waals surface area (Å²) in [6, 6.07) is 6.91. The molecule has 0 bridgehead atoms. The van der Waals surface area contributed by atoms with Crippen molar-refractivity contribution >= 4 is 0 Å². The summed E-state index contributed by atoms with van der Waals surface area (Å²) in [6.07, 6.45) is -48.2. The van der Waals surface area contributed by atoms with Crippen molar-refractivity contribution in [3.8, 4) is 0 Å². The lowest BCUT2D eigenvalue weighted by Gasteiger charge is -2.47. The molecule has 8 heterocycles. The molecule has 16 unspecified atom stereocenters. The van der Waals surface area contributed by atoms with Crippen molar-refractivity contribution in [2.45, 2.75) is 465 Å². The van der Waals surface area contributed by atoms with Crippen LogP contribution in [0.3, 0.4) is 0 Å². The number of rotatable bonds is 62. The molecule has 806 valence electrons. The molecule has 9 rings (SSSR count). The maximum absolute atomic E-state index is 12.3. The molecular formula is C94H166O44. The average molecular weight is 2000 g/mol. The number of hydrogen-bond donors (Lipinski definition) is 28. The molecule has 0 spiro atoms. The summed E-state index contributed by atoms with van der Waals surface area (Å²) in [5.74, 6) is 0. The SMILES string of the molecule is CCCCCCCCCCCCCCCCC(CO[C@@H]1OC(CO)[C@@H](O[C@@H]2OC(CO)[C@@H](O)[C@H](O)C2O)[C@H](O)C1O)(CO[C@@H]1OC(CO)[C@@H](O[C@@H]2OC(CO)[C@@H](O)[C@H](O)C2O)[C@H](O)C1O)Cc1ccccc1CC(CCCCCCCCCCCCCCCC)(CO[C@@H]1OC(CO)[C@@H](O[C@@H]2OC(CO)[C@@H](O)[C@H](O)C2O)[C@H](O)C1O)CO[C@@H]1OC(CO)[C@@H](O[C@@H]2OC(CO)[C@@H](O)[C@H](O)C2O)[C@H](O)C1O. The van der Waals surface area contributed by atoms with E-state index in [9.17, 15) is 143 Å². The Hall–Kier alpha value is -2.54. The van der Waals surface area contributed by atoms with Crippen molar-refractivity contribution in [1.29, 1.82) is 0 Å². The van der Waals surface area contributed by atoms with Crippen LogP contribution < -0.4 is 0 Å². The number of ether oxygens (including phenoxy) is 16. The first-order valence-corrected chi connectivity index (χ1v) is 50.2. The van der Waals surface area contributed by atoms with Crippen LogP contribution in [0.4, 0.5) is 0 Å². The fourth-order valence-corrected chi connectivity index (χ4v) is 19.7. The minimum atomic E-state index is -2.11. The molecular weight excluding hydrogens is 1830 g/mol.